The maximum atomic E-state index is 12.7. The first kappa shape index (κ1) is 16.1. The molecule has 0 radical (unpaired) electrons. The molecule has 0 amide bonds. The minimum atomic E-state index is -3.93. The van der Waals surface area contributed by atoms with Crippen molar-refractivity contribution in [1.82, 2.24) is 18.9 Å². The molecule has 24 heavy (non-hydrogen) atoms. The average Bonchev–Trinajstić information content (AvgIpc) is 3.07. The summed E-state index contributed by atoms with van der Waals surface area (Å²) in [5.41, 5.74) is 0.715. The third-order valence-corrected chi connectivity index (χ3v) is 4.98. The molecule has 0 atom stereocenters. The Morgan fingerprint density at radius 2 is 1.79 bits per heavy atom. The van der Waals surface area contributed by atoms with E-state index < -0.39 is 15.6 Å². The van der Waals surface area contributed by atoms with Crippen LogP contribution in [0.4, 0.5) is 5.69 Å². The van der Waals surface area contributed by atoms with E-state index in [1.165, 1.54) is 21.8 Å². The zero-order valence-electron chi connectivity index (χ0n) is 13.5. The Labute approximate surface area is 139 Å². The predicted octanol–water partition coefficient (Wildman–Crippen LogP) is 1.02. The van der Waals surface area contributed by atoms with E-state index in [0.29, 0.717) is 11.4 Å². The lowest BCUT2D eigenvalue weighted by molar-refractivity contribution is 0.598. The molecule has 8 nitrogen and oxygen atoms in total. The highest BCUT2D eigenvalue weighted by atomic mass is 32.2. The fourth-order valence-electron chi connectivity index (χ4n) is 2.40. The van der Waals surface area contributed by atoms with Gasteiger partial charge in [0.2, 0.25) is 0 Å². The number of sulfonamides is 1. The van der Waals surface area contributed by atoms with Gasteiger partial charge < -0.3 is 4.57 Å². The molecule has 3 rings (SSSR count). The summed E-state index contributed by atoms with van der Waals surface area (Å²) in [6, 6.07) is 9.01. The topological polar surface area (TPSA) is 90.9 Å². The summed E-state index contributed by atoms with van der Waals surface area (Å²) in [6.45, 7) is 1.68. The second-order valence-corrected chi connectivity index (χ2v) is 7.05. The highest BCUT2D eigenvalue weighted by Gasteiger charge is 2.23. The van der Waals surface area contributed by atoms with E-state index in [-0.39, 0.29) is 10.7 Å². The van der Waals surface area contributed by atoms with Gasteiger partial charge in [-0.2, -0.15) is 8.42 Å². The minimum Gasteiger partial charge on any atom is -0.339 e. The van der Waals surface area contributed by atoms with Crippen LogP contribution in [-0.4, -0.2) is 27.3 Å². The Morgan fingerprint density at radius 3 is 2.38 bits per heavy atom. The van der Waals surface area contributed by atoms with Crippen LogP contribution in [-0.2, 0) is 24.1 Å². The van der Waals surface area contributed by atoms with Crippen LogP contribution in [0.3, 0.4) is 0 Å². The van der Waals surface area contributed by atoms with Crippen LogP contribution in [0.1, 0.15) is 5.69 Å². The molecule has 0 bridgehead atoms. The lowest BCUT2D eigenvalue weighted by Crippen LogP contribution is -2.23. The quantitative estimate of drug-likeness (QED) is 0.763. The van der Waals surface area contributed by atoms with Gasteiger partial charge in [0.15, 0.2) is 5.03 Å². The summed E-state index contributed by atoms with van der Waals surface area (Å²) in [7, 11) is -0.566. The molecule has 0 fully saturated rings. The van der Waals surface area contributed by atoms with Gasteiger partial charge in [0.05, 0.1) is 17.7 Å². The highest BCUT2D eigenvalue weighted by molar-refractivity contribution is 7.92. The SMILES string of the molecule is Cc1c(NS(=O)(=O)c2cn(C)cn2)c(=O)n(-c2ccccc2)n1C. The van der Waals surface area contributed by atoms with Crippen LogP contribution < -0.4 is 10.3 Å². The van der Waals surface area contributed by atoms with Gasteiger partial charge in [-0.1, -0.05) is 18.2 Å². The van der Waals surface area contributed by atoms with E-state index in [9.17, 15) is 13.2 Å². The first-order valence-electron chi connectivity index (χ1n) is 7.16. The second kappa shape index (κ2) is 5.68. The number of benzene rings is 1. The molecular weight excluding hydrogens is 330 g/mol. The molecule has 2 aromatic heterocycles. The monoisotopic (exact) mass is 347 g/mol. The van der Waals surface area contributed by atoms with E-state index in [1.54, 1.807) is 37.8 Å². The van der Waals surface area contributed by atoms with Crippen LogP contribution in [0.2, 0.25) is 0 Å². The second-order valence-electron chi connectivity index (χ2n) is 5.42. The van der Waals surface area contributed by atoms with Crippen molar-refractivity contribution in [1.29, 1.82) is 0 Å². The standard InChI is InChI=1S/C15H17N5O3S/c1-11-14(17-24(22,23)13-9-18(2)10-16-13)15(21)20(19(11)3)12-7-5-4-6-8-12/h4-10,17H,1-3H3. The van der Waals surface area contributed by atoms with Crippen molar-refractivity contribution < 1.29 is 8.42 Å². The molecule has 0 aliphatic heterocycles. The van der Waals surface area contributed by atoms with Crippen LogP contribution in [0.5, 0.6) is 0 Å². The summed E-state index contributed by atoms with van der Waals surface area (Å²) in [4.78, 5) is 16.5. The lowest BCUT2D eigenvalue weighted by atomic mass is 10.3. The first-order chi connectivity index (χ1) is 11.3. The van der Waals surface area contributed by atoms with Crippen LogP contribution in [0.25, 0.3) is 5.69 Å². The molecule has 0 saturated carbocycles. The molecular formula is C15H17N5O3S. The Morgan fingerprint density at radius 1 is 1.12 bits per heavy atom. The van der Waals surface area contributed by atoms with Gasteiger partial charge in [-0.15, -0.1) is 0 Å². The van der Waals surface area contributed by atoms with Gasteiger partial charge in [-0.05, 0) is 19.1 Å². The molecule has 126 valence electrons. The molecule has 0 aliphatic rings. The molecule has 9 heteroatoms. The number of nitrogens with one attached hydrogen (secondary N) is 1. The van der Waals surface area contributed by atoms with Crippen molar-refractivity contribution in [3.63, 3.8) is 0 Å². The number of aromatic nitrogens is 4. The van der Waals surface area contributed by atoms with Gasteiger partial charge in [-0.25, -0.2) is 9.67 Å². The molecule has 3 aromatic rings. The van der Waals surface area contributed by atoms with Gasteiger partial charge in [-0.3, -0.25) is 14.2 Å². The average molecular weight is 347 g/mol. The number of imidazole rings is 1. The smallest absolute Gasteiger partial charge is 0.296 e. The molecule has 0 saturated heterocycles. The van der Waals surface area contributed by atoms with E-state index >= 15 is 0 Å². The van der Waals surface area contributed by atoms with E-state index in [0.717, 1.165) is 0 Å². The molecule has 0 unspecified atom stereocenters. The van der Waals surface area contributed by atoms with Crippen molar-refractivity contribution >= 4 is 15.7 Å². The number of para-hydroxylation sites is 1. The van der Waals surface area contributed by atoms with E-state index in [4.69, 9.17) is 0 Å². The summed E-state index contributed by atoms with van der Waals surface area (Å²) in [6.07, 6.45) is 2.75. The van der Waals surface area contributed by atoms with Gasteiger partial charge in [0.1, 0.15) is 5.69 Å². The van der Waals surface area contributed by atoms with Gasteiger partial charge in [0.25, 0.3) is 15.6 Å². The number of hydrogen-bond donors (Lipinski definition) is 1. The zero-order chi connectivity index (χ0) is 17.5. The minimum absolute atomic E-state index is 0.00649. The molecule has 2 heterocycles. The first-order valence-corrected chi connectivity index (χ1v) is 8.64. The van der Waals surface area contributed by atoms with Crippen molar-refractivity contribution in [3.05, 3.63) is 58.9 Å². The molecule has 1 N–H and O–H groups in total. The zero-order valence-corrected chi connectivity index (χ0v) is 14.3. The Balaban J connectivity index is 2.09. The maximum Gasteiger partial charge on any atom is 0.296 e. The molecule has 0 aliphatic carbocycles. The predicted molar refractivity (Wildman–Crippen MR) is 89.8 cm³/mol. The van der Waals surface area contributed by atoms with E-state index in [2.05, 4.69) is 9.71 Å². The normalized spacial score (nSPS) is 11.6. The van der Waals surface area contributed by atoms with Crippen LogP contribution >= 0.6 is 0 Å². The van der Waals surface area contributed by atoms with Gasteiger partial charge >= 0.3 is 0 Å². The summed E-state index contributed by atoms with van der Waals surface area (Å²) >= 11 is 0. The number of rotatable bonds is 4. The number of aryl methyl sites for hydroxylation is 1. The third kappa shape index (κ3) is 2.62. The van der Waals surface area contributed by atoms with Crippen molar-refractivity contribution in [2.75, 3.05) is 4.72 Å². The third-order valence-electron chi connectivity index (χ3n) is 3.75. The Bertz CT molecular complexity index is 1040. The summed E-state index contributed by atoms with van der Waals surface area (Å²) in [5, 5.41) is -0.140. The van der Waals surface area contributed by atoms with Crippen molar-refractivity contribution in [2.45, 2.75) is 11.9 Å². The maximum absolute atomic E-state index is 12.7. The fourth-order valence-corrected chi connectivity index (χ4v) is 3.50. The van der Waals surface area contributed by atoms with Crippen molar-refractivity contribution in [2.24, 2.45) is 14.1 Å². The molecule has 0 spiro atoms. The Hall–Kier alpha value is -2.81. The van der Waals surface area contributed by atoms with Gasteiger partial charge in [0, 0.05) is 20.3 Å². The Kier molecular flexibility index (Phi) is 3.80. The summed E-state index contributed by atoms with van der Waals surface area (Å²) in [5.74, 6) is 0. The van der Waals surface area contributed by atoms with E-state index in [1.807, 2.05) is 18.2 Å². The number of anilines is 1. The number of hydrogen-bond acceptors (Lipinski definition) is 4. The largest absolute Gasteiger partial charge is 0.339 e. The summed E-state index contributed by atoms with van der Waals surface area (Å²) < 4.78 is 31.8. The van der Waals surface area contributed by atoms with Crippen molar-refractivity contribution in [3.8, 4) is 5.69 Å². The highest BCUT2D eigenvalue weighted by Crippen LogP contribution is 2.17. The number of nitrogens with zero attached hydrogens (tertiary/aromatic N) is 4. The lowest BCUT2D eigenvalue weighted by Gasteiger charge is -2.07. The molecule has 1 aromatic carbocycles. The van der Waals surface area contributed by atoms with Crippen LogP contribution in [0, 0.1) is 6.92 Å². The van der Waals surface area contributed by atoms with Crippen LogP contribution in [0.15, 0.2) is 52.7 Å². The fraction of sp³-hybridized carbons (Fsp3) is 0.200.